The quantitative estimate of drug-likeness (QED) is 0.778. The number of aromatic nitrogens is 3. The van der Waals surface area contributed by atoms with Crippen molar-refractivity contribution in [3.8, 4) is 0 Å². The van der Waals surface area contributed by atoms with Crippen molar-refractivity contribution in [2.45, 2.75) is 37.4 Å². The van der Waals surface area contributed by atoms with E-state index in [1.165, 1.54) is 0 Å². The van der Waals surface area contributed by atoms with Gasteiger partial charge in [-0.2, -0.15) is 0 Å². The molecule has 1 aliphatic rings. The van der Waals surface area contributed by atoms with Gasteiger partial charge in [-0.05, 0) is 19.3 Å². The van der Waals surface area contributed by atoms with E-state index in [9.17, 15) is 5.11 Å². The average molecular weight is 211 g/mol. The van der Waals surface area contributed by atoms with Gasteiger partial charge < -0.3 is 9.84 Å². The number of rotatable bonds is 2. The van der Waals surface area contributed by atoms with E-state index in [1.807, 2.05) is 0 Å². The number of hydrogen-bond acceptors (Lipinski definition) is 4. The fourth-order valence-electron chi connectivity index (χ4n) is 2.41. The maximum absolute atomic E-state index is 10.6. The van der Waals surface area contributed by atoms with Crippen LogP contribution in [0.25, 0.3) is 0 Å². The largest absolute Gasteiger partial charge is 0.381 e. The highest BCUT2D eigenvalue weighted by molar-refractivity contribution is 5.12. The molecule has 1 aromatic heterocycles. The molecule has 15 heavy (non-hydrogen) atoms. The lowest BCUT2D eigenvalue weighted by Gasteiger charge is -2.38. The lowest BCUT2D eigenvalue weighted by Crippen LogP contribution is -2.44. The molecule has 0 spiro atoms. The van der Waals surface area contributed by atoms with Crippen LogP contribution >= 0.6 is 0 Å². The number of hydrogen-bond donors (Lipinski definition) is 1. The van der Waals surface area contributed by atoms with Gasteiger partial charge in [-0.15, -0.1) is 5.10 Å². The molecule has 1 heterocycles. The minimum absolute atomic E-state index is 0.150. The molecular weight excluding hydrogens is 194 g/mol. The Morgan fingerprint density at radius 1 is 1.60 bits per heavy atom. The van der Waals surface area contributed by atoms with E-state index in [0.29, 0.717) is 6.42 Å². The molecule has 1 N–H and O–H groups in total. The van der Waals surface area contributed by atoms with Crippen molar-refractivity contribution in [2.24, 2.45) is 7.05 Å². The van der Waals surface area contributed by atoms with E-state index in [-0.39, 0.29) is 6.10 Å². The van der Waals surface area contributed by atoms with Gasteiger partial charge in [0, 0.05) is 14.2 Å². The molecule has 0 amide bonds. The van der Waals surface area contributed by atoms with E-state index < -0.39 is 5.60 Å². The lowest BCUT2D eigenvalue weighted by molar-refractivity contribution is -0.126. The Balaban J connectivity index is 2.34. The molecule has 5 heteroatoms. The Bertz CT molecular complexity index is 339. The molecule has 1 fully saturated rings. The molecule has 1 saturated carbocycles. The zero-order valence-electron chi connectivity index (χ0n) is 9.18. The van der Waals surface area contributed by atoms with Crippen molar-refractivity contribution in [3.63, 3.8) is 0 Å². The topological polar surface area (TPSA) is 60.2 Å². The van der Waals surface area contributed by atoms with Gasteiger partial charge in [-0.25, -0.2) is 4.68 Å². The van der Waals surface area contributed by atoms with Crippen LogP contribution in [0.1, 0.15) is 31.4 Å². The van der Waals surface area contributed by atoms with E-state index >= 15 is 0 Å². The molecule has 0 saturated heterocycles. The molecule has 2 rings (SSSR count). The average Bonchev–Trinajstić information content (AvgIpc) is 2.66. The van der Waals surface area contributed by atoms with Gasteiger partial charge in [-0.3, -0.25) is 0 Å². The predicted octanol–water partition coefficient (Wildman–Crippen LogP) is 0.592. The Labute approximate surface area is 89.0 Å². The number of methoxy groups -OCH3 is 1. The van der Waals surface area contributed by atoms with E-state index in [2.05, 4.69) is 10.3 Å². The Hall–Kier alpha value is -0.940. The second kappa shape index (κ2) is 3.90. The molecule has 2 atom stereocenters. The first-order valence-electron chi connectivity index (χ1n) is 5.29. The molecule has 1 aromatic rings. The third-order valence-corrected chi connectivity index (χ3v) is 3.25. The summed E-state index contributed by atoms with van der Waals surface area (Å²) >= 11 is 0. The summed E-state index contributed by atoms with van der Waals surface area (Å²) in [7, 11) is 3.44. The monoisotopic (exact) mass is 211 g/mol. The van der Waals surface area contributed by atoms with E-state index in [4.69, 9.17) is 4.74 Å². The van der Waals surface area contributed by atoms with Crippen LogP contribution < -0.4 is 0 Å². The molecule has 0 radical (unpaired) electrons. The number of aliphatic hydroxyl groups is 1. The predicted molar refractivity (Wildman–Crippen MR) is 54.2 cm³/mol. The fourth-order valence-corrected chi connectivity index (χ4v) is 2.41. The van der Waals surface area contributed by atoms with Crippen molar-refractivity contribution >= 4 is 0 Å². The maximum atomic E-state index is 10.6. The summed E-state index contributed by atoms with van der Waals surface area (Å²) in [5, 5.41) is 18.3. The Kier molecular flexibility index (Phi) is 2.75. The molecular formula is C10H17N3O2. The standard InChI is InChI=1S/C10H17N3O2/c1-13-8(7-11-12-13)10(14)6-4-3-5-9(10)15-2/h7,9,14H,3-6H2,1-2H3. The summed E-state index contributed by atoms with van der Waals surface area (Å²) in [6.07, 6.45) is 5.19. The van der Waals surface area contributed by atoms with Gasteiger partial charge in [0.2, 0.25) is 0 Å². The number of ether oxygens (including phenoxy) is 1. The highest BCUT2D eigenvalue weighted by Gasteiger charge is 2.43. The molecule has 2 unspecified atom stereocenters. The van der Waals surface area contributed by atoms with Crippen LogP contribution in [0.15, 0.2) is 6.20 Å². The van der Waals surface area contributed by atoms with Crippen LogP contribution in [0.5, 0.6) is 0 Å². The molecule has 1 aliphatic carbocycles. The van der Waals surface area contributed by atoms with Crippen LogP contribution in [-0.4, -0.2) is 33.3 Å². The third kappa shape index (κ3) is 1.66. The first-order valence-corrected chi connectivity index (χ1v) is 5.29. The van der Waals surface area contributed by atoms with Gasteiger partial charge in [-0.1, -0.05) is 11.6 Å². The fraction of sp³-hybridized carbons (Fsp3) is 0.800. The zero-order chi connectivity index (χ0) is 10.9. The van der Waals surface area contributed by atoms with Crippen LogP contribution in [-0.2, 0) is 17.4 Å². The molecule has 84 valence electrons. The SMILES string of the molecule is COC1CCCCC1(O)c1cnnn1C. The summed E-state index contributed by atoms with van der Waals surface area (Å²) in [4.78, 5) is 0. The number of aryl methyl sites for hydroxylation is 1. The lowest BCUT2D eigenvalue weighted by atomic mass is 9.80. The van der Waals surface area contributed by atoms with Crippen molar-refractivity contribution in [1.29, 1.82) is 0 Å². The maximum Gasteiger partial charge on any atom is 0.134 e. The van der Waals surface area contributed by atoms with Gasteiger partial charge >= 0.3 is 0 Å². The van der Waals surface area contributed by atoms with E-state index in [1.54, 1.807) is 25.0 Å². The summed E-state index contributed by atoms with van der Waals surface area (Å²) in [5.41, 5.74) is -0.181. The summed E-state index contributed by atoms with van der Waals surface area (Å²) in [6, 6.07) is 0. The Morgan fingerprint density at radius 2 is 2.40 bits per heavy atom. The second-order valence-electron chi connectivity index (χ2n) is 4.14. The first kappa shape index (κ1) is 10.6. The molecule has 0 aromatic carbocycles. The van der Waals surface area contributed by atoms with E-state index in [0.717, 1.165) is 25.0 Å². The summed E-state index contributed by atoms with van der Waals surface area (Å²) < 4.78 is 6.99. The minimum Gasteiger partial charge on any atom is -0.381 e. The van der Waals surface area contributed by atoms with Gasteiger partial charge in [0.25, 0.3) is 0 Å². The first-order chi connectivity index (χ1) is 7.18. The molecule has 0 bridgehead atoms. The summed E-state index contributed by atoms with van der Waals surface area (Å²) in [5.74, 6) is 0. The minimum atomic E-state index is -0.925. The Morgan fingerprint density at radius 3 is 3.00 bits per heavy atom. The summed E-state index contributed by atoms with van der Waals surface area (Å²) in [6.45, 7) is 0. The third-order valence-electron chi connectivity index (χ3n) is 3.25. The van der Waals surface area contributed by atoms with Crippen LogP contribution in [0, 0.1) is 0 Å². The smallest absolute Gasteiger partial charge is 0.134 e. The highest BCUT2D eigenvalue weighted by atomic mass is 16.5. The number of nitrogens with zero attached hydrogens (tertiary/aromatic N) is 3. The van der Waals surface area contributed by atoms with Crippen LogP contribution in [0.2, 0.25) is 0 Å². The van der Waals surface area contributed by atoms with Crippen molar-refractivity contribution in [1.82, 2.24) is 15.0 Å². The normalized spacial score (nSPS) is 31.8. The second-order valence-corrected chi connectivity index (χ2v) is 4.14. The molecule has 5 nitrogen and oxygen atoms in total. The van der Waals surface area contributed by atoms with Crippen LogP contribution in [0.3, 0.4) is 0 Å². The van der Waals surface area contributed by atoms with Crippen molar-refractivity contribution in [3.05, 3.63) is 11.9 Å². The highest BCUT2D eigenvalue weighted by Crippen LogP contribution is 2.38. The van der Waals surface area contributed by atoms with Gasteiger partial charge in [0.05, 0.1) is 18.0 Å². The van der Waals surface area contributed by atoms with Crippen LogP contribution in [0.4, 0.5) is 0 Å². The van der Waals surface area contributed by atoms with Crippen molar-refractivity contribution < 1.29 is 9.84 Å². The zero-order valence-corrected chi connectivity index (χ0v) is 9.18. The van der Waals surface area contributed by atoms with Crippen molar-refractivity contribution in [2.75, 3.05) is 7.11 Å². The van der Waals surface area contributed by atoms with Gasteiger partial charge in [0.1, 0.15) is 5.60 Å². The molecule has 0 aliphatic heterocycles. The van der Waals surface area contributed by atoms with Gasteiger partial charge in [0.15, 0.2) is 0 Å².